The molecule has 39 heavy (non-hydrogen) atoms. The molecule has 202 valence electrons. The van der Waals surface area contributed by atoms with Gasteiger partial charge in [-0.05, 0) is 49.2 Å². The number of amides is 1. The minimum absolute atomic E-state index is 0.0732. The molecular formula is C29H27ClN2O6S. The Kier molecular flexibility index (Phi) is 7.46. The highest BCUT2D eigenvalue weighted by molar-refractivity contribution is 7.17. The molecule has 10 heteroatoms. The summed E-state index contributed by atoms with van der Waals surface area (Å²) in [6, 6.07) is 9.15. The molecule has 0 N–H and O–H groups in total. The van der Waals surface area contributed by atoms with Gasteiger partial charge in [-0.25, -0.2) is 4.98 Å². The number of ketones is 1. The molecule has 2 aromatic heterocycles. The second-order valence-corrected chi connectivity index (χ2v) is 10.7. The zero-order chi connectivity index (χ0) is 27.8. The van der Waals surface area contributed by atoms with Crippen molar-refractivity contribution >= 4 is 50.7 Å². The third kappa shape index (κ3) is 4.81. The molecule has 2 aromatic carbocycles. The van der Waals surface area contributed by atoms with Gasteiger partial charge in [-0.15, -0.1) is 0 Å². The number of benzene rings is 2. The number of halogens is 1. The summed E-state index contributed by atoms with van der Waals surface area (Å²) in [5, 5.41) is 0.934. The number of Topliss-reactive ketones (excluding diaryl/α,β-unsaturated/α-hetero) is 1. The summed E-state index contributed by atoms with van der Waals surface area (Å²) < 4.78 is 17.6. The van der Waals surface area contributed by atoms with Crippen molar-refractivity contribution in [1.82, 2.24) is 4.98 Å². The average molecular weight is 567 g/mol. The molecule has 1 unspecified atom stereocenters. The fraction of sp³-hybridized carbons (Fsp3) is 0.310. The molecule has 0 fully saturated rings. The van der Waals surface area contributed by atoms with Crippen LogP contribution in [-0.4, -0.2) is 30.4 Å². The molecule has 1 aliphatic heterocycles. The first-order valence-electron chi connectivity index (χ1n) is 12.6. The van der Waals surface area contributed by atoms with Gasteiger partial charge in [0.05, 0.1) is 41.3 Å². The van der Waals surface area contributed by atoms with Crippen molar-refractivity contribution in [2.45, 2.75) is 46.1 Å². The molecule has 0 aliphatic carbocycles. The van der Waals surface area contributed by atoms with Crippen molar-refractivity contribution in [2.24, 2.45) is 0 Å². The number of hydrogen-bond donors (Lipinski definition) is 0. The lowest BCUT2D eigenvalue weighted by molar-refractivity contribution is 0.0969. The number of ether oxygens (including phenoxy) is 2. The second kappa shape index (κ2) is 10.8. The first-order chi connectivity index (χ1) is 18.7. The molecule has 0 saturated heterocycles. The summed E-state index contributed by atoms with van der Waals surface area (Å²) in [4.78, 5) is 46.3. The summed E-state index contributed by atoms with van der Waals surface area (Å²) >= 11 is 7.29. The summed E-state index contributed by atoms with van der Waals surface area (Å²) in [5.41, 5.74) is 1.17. The van der Waals surface area contributed by atoms with Crippen LogP contribution in [0.2, 0.25) is 5.02 Å². The maximum atomic E-state index is 13.9. The Morgan fingerprint density at radius 2 is 1.95 bits per heavy atom. The van der Waals surface area contributed by atoms with Gasteiger partial charge < -0.3 is 13.9 Å². The molecule has 1 amide bonds. The van der Waals surface area contributed by atoms with Crippen LogP contribution >= 0.6 is 22.9 Å². The largest absolute Gasteiger partial charge is 0.493 e. The van der Waals surface area contributed by atoms with E-state index in [1.165, 1.54) is 25.0 Å². The van der Waals surface area contributed by atoms with Crippen molar-refractivity contribution in [3.63, 3.8) is 0 Å². The topological polar surface area (TPSA) is 98.9 Å². The van der Waals surface area contributed by atoms with E-state index >= 15 is 0 Å². The van der Waals surface area contributed by atoms with Gasteiger partial charge in [0.2, 0.25) is 5.76 Å². The lowest BCUT2D eigenvalue weighted by Gasteiger charge is -2.23. The van der Waals surface area contributed by atoms with Crippen LogP contribution in [0, 0.1) is 6.92 Å². The zero-order valence-electron chi connectivity index (χ0n) is 22.0. The van der Waals surface area contributed by atoms with Crippen LogP contribution in [0.15, 0.2) is 45.6 Å². The van der Waals surface area contributed by atoms with Crippen molar-refractivity contribution in [3.8, 4) is 11.5 Å². The number of methoxy groups -OCH3 is 1. The minimum atomic E-state index is -0.875. The number of fused-ring (bicyclic) bond motifs is 2. The monoisotopic (exact) mass is 566 g/mol. The Bertz CT molecular complexity index is 1660. The quantitative estimate of drug-likeness (QED) is 0.163. The molecule has 4 aromatic rings. The number of aromatic nitrogens is 1. The lowest BCUT2D eigenvalue weighted by atomic mass is 9.98. The van der Waals surface area contributed by atoms with Crippen LogP contribution in [0.3, 0.4) is 0 Å². The second-order valence-electron chi connectivity index (χ2n) is 9.33. The smallest absolute Gasteiger partial charge is 0.297 e. The molecule has 0 saturated carbocycles. The van der Waals surface area contributed by atoms with Crippen LogP contribution in [0.25, 0.3) is 11.0 Å². The standard InChI is InChI=1S/C29H27ClN2O6S/c1-5-6-7-12-37-21-10-8-17(13-22(21)36-4)24-23-25(34)19-14-18(30)9-11-20(19)38-26(23)28(35)32(24)29-31-15(2)27(39-29)16(3)33/h8-11,13-14,24H,5-7,12H2,1-4H3. The third-order valence-corrected chi connectivity index (χ3v) is 8.14. The lowest BCUT2D eigenvalue weighted by Crippen LogP contribution is -2.29. The van der Waals surface area contributed by atoms with Crippen LogP contribution in [0.1, 0.15) is 76.2 Å². The average Bonchev–Trinajstić information content (AvgIpc) is 3.44. The third-order valence-electron chi connectivity index (χ3n) is 6.65. The predicted molar refractivity (Wildman–Crippen MR) is 151 cm³/mol. The molecular weight excluding hydrogens is 540 g/mol. The highest BCUT2D eigenvalue weighted by Gasteiger charge is 2.45. The highest BCUT2D eigenvalue weighted by Crippen LogP contribution is 2.45. The van der Waals surface area contributed by atoms with E-state index in [2.05, 4.69) is 11.9 Å². The highest BCUT2D eigenvalue weighted by atomic mass is 35.5. The van der Waals surface area contributed by atoms with Crippen molar-refractivity contribution in [3.05, 3.63) is 79.1 Å². The van der Waals surface area contributed by atoms with Gasteiger partial charge in [-0.3, -0.25) is 19.3 Å². The molecule has 3 heterocycles. The number of carbonyl (C=O) groups is 2. The Morgan fingerprint density at radius 3 is 2.64 bits per heavy atom. The number of unbranched alkanes of at least 4 members (excludes halogenated alkanes) is 2. The molecule has 0 radical (unpaired) electrons. The number of aryl methyl sites for hydroxylation is 1. The normalized spacial score (nSPS) is 14.6. The summed E-state index contributed by atoms with van der Waals surface area (Å²) in [7, 11) is 1.54. The molecule has 0 spiro atoms. The van der Waals surface area contributed by atoms with Gasteiger partial charge in [0.15, 0.2) is 27.8 Å². The van der Waals surface area contributed by atoms with E-state index in [1.807, 2.05) is 0 Å². The van der Waals surface area contributed by atoms with E-state index in [-0.39, 0.29) is 33.5 Å². The number of rotatable bonds is 9. The van der Waals surface area contributed by atoms with Crippen LogP contribution in [-0.2, 0) is 0 Å². The van der Waals surface area contributed by atoms with Crippen LogP contribution in [0.5, 0.6) is 11.5 Å². The van der Waals surface area contributed by atoms with E-state index in [1.54, 1.807) is 37.3 Å². The van der Waals surface area contributed by atoms with Crippen LogP contribution < -0.4 is 19.8 Å². The van der Waals surface area contributed by atoms with E-state index in [0.717, 1.165) is 30.6 Å². The zero-order valence-corrected chi connectivity index (χ0v) is 23.6. The van der Waals surface area contributed by atoms with Gasteiger partial charge in [0, 0.05) is 11.9 Å². The summed E-state index contributed by atoms with van der Waals surface area (Å²) in [6.07, 6.45) is 3.05. The van der Waals surface area contributed by atoms with Crippen molar-refractivity contribution in [1.29, 1.82) is 0 Å². The number of thiazole rings is 1. The maximum Gasteiger partial charge on any atom is 0.297 e. The first-order valence-corrected chi connectivity index (χ1v) is 13.8. The Labute approximate surface area is 234 Å². The fourth-order valence-electron chi connectivity index (χ4n) is 4.78. The molecule has 8 nitrogen and oxygen atoms in total. The molecule has 1 aliphatic rings. The Hall–Kier alpha value is -3.69. The van der Waals surface area contributed by atoms with E-state index in [0.29, 0.717) is 44.4 Å². The Morgan fingerprint density at radius 1 is 1.15 bits per heavy atom. The van der Waals surface area contributed by atoms with Crippen molar-refractivity contribution in [2.75, 3.05) is 18.6 Å². The maximum absolute atomic E-state index is 13.9. The number of hydrogen-bond acceptors (Lipinski definition) is 8. The summed E-state index contributed by atoms with van der Waals surface area (Å²) in [6.45, 7) is 5.84. The molecule has 1 atom stereocenters. The van der Waals surface area contributed by atoms with Gasteiger partial charge in [-0.2, -0.15) is 0 Å². The molecule has 0 bridgehead atoms. The fourth-order valence-corrected chi connectivity index (χ4v) is 5.94. The number of anilines is 1. The van der Waals surface area contributed by atoms with E-state index < -0.39 is 11.9 Å². The minimum Gasteiger partial charge on any atom is -0.493 e. The van der Waals surface area contributed by atoms with Gasteiger partial charge in [-0.1, -0.05) is 48.8 Å². The van der Waals surface area contributed by atoms with Crippen LogP contribution in [0.4, 0.5) is 5.13 Å². The number of nitrogens with zero attached hydrogens (tertiary/aromatic N) is 2. The van der Waals surface area contributed by atoms with Gasteiger partial charge in [0.1, 0.15) is 5.58 Å². The first kappa shape index (κ1) is 26.9. The predicted octanol–water partition coefficient (Wildman–Crippen LogP) is 6.74. The summed E-state index contributed by atoms with van der Waals surface area (Å²) in [5.74, 6) is 0.285. The van der Waals surface area contributed by atoms with E-state index in [4.69, 9.17) is 25.5 Å². The van der Waals surface area contributed by atoms with Gasteiger partial charge in [0.25, 0.3) is 5.91 Å². The molecule has 5 rings (SSSR count). The van der Waals surface area contributed by atoms with E-state index in [9.17, 15) is 14.4 Å². The number of carbonyl (C=O) groups excluding carboxylic acids is 2. The Balaban J connectivity index is 1.69. The van der Waals surface area contributed by atoms with Gasteiger partial charge >= 0.3 is 0 Å². The van der Waals surface area contributed by atoms with Crippen molar-refractivity contribution < 1.29 is 23.5 Å². The SMILES string of the molecule is CCCCCOc1ccc(C2c3c(oc4ccc(Cl)cc4c3=O)C(=O)N2c2nc(C)c(C(C)=O)s2)cc1OC.